The minimum Gasteiger partial charge on any atom is -0.480 e. The van der Waals surface area contributed by atoms with Gasteiger partial charge in [0.05, 0.1) is 11.8 Å². The Hall–Kier alpha value is -3.13. The first-order valence-electron chi connectivity index (χ1n) is 14.8. The second-order valence-electron chi connectivity index (χ2n) is 13.0. The standard InChI is InChI=1S/C32H41N3O5/c1-31-13-11-21(16-20(31)7-8-23-24-9-10-28(36)32(24,2)14-12-25(23)31)35-40-18-29(37)34-27(30(38)39)15-19-17-33-26-6-4-3-5-22(19)26/h3-6,16-17,23-25,27-28,33,36H,7-15,18H2,1-2H3,(H,34,37)(H,38,39)/b35-21+/t23?,24?,25?,27?,28?,31-,32-/m0/s1. The number of carbonyl (C=O) groups is 2. The summed E-state index contributed by atoms with van der Waals surface area (Å²) >= 11 is 0. The molecule has 0 radical (unpaired) electrons. The number of aliphatic hydroxyl groups excluding tert-OH is 1. The van der Waals surface area contributed by atoms with E-state index in [-0.39, 0.29) is 30.0 Å². The van der Waals surface area contributed by atoms with E-state index in [1.54, 1.807) is 6.20 Å². The van der Waals surface area contributed by atoms with Crippen molar-refractivity contribution in [3.63, 3.8) is 0 Å². The molecule has 8 nitrogen and oxygen atoms in total. The molecule has 4 N–H and O–H groups in total. The molecule has 8 heteroatoms. The van der Waals surface area contributed by atoms with E-state index in [4.69, 9.17) is 4.84 Å². The monoisotopic (exact) mass is 547 g/mol. The van der Waals surface area contributed by atoms with Crippen molar-refractivity contribution in [3.05, 3.63) is 47.7 Å². The molecular weight excluding hydrogens is 506 g/mol. The Kier molecular flexibility index (Phi) is 7.01. The number of carboxylic acid groups (broad SMARTS) is 1. The molecule has 40 heavy (non-hydrogen) atoms. The summed E-state index contributed by atoms with van der Waals surface area (Å²) in [6.07, 6.45) is 12.4. The van der Waals surface area contributed by atoms with Crippen molar-refractivity contribution in [2.75, 3.05) is 6.61 Å². The quantitative estimate of drug-likeness (QED) is 0.364. The number of hydrogen-bond acceptors (Lipinski definition) is 5. The number of nitrogens with zero attached hydrogens (tertiary/aromatic N) is 1. The second-order valence-corrected chi connectivity index (χ2v) is 13.0. The predicted molar refractivity (Wildman–Crippen MR) is 153 cm³/mol. The number of hydrogen-bond donors (Lipinski definition) is 4. The van der Waals surface area contributed by atoms with Crippen molar-refractivity contribution in [1.82, 2.24) is 10.3 Å². The van der Waals surface area contributed by atoms with Gasteiger partial charge in [-0.05, 0) is 97.7 Å². The van der Waals surface area contributed by atoms with E-state index in [9.17, 15) is 19.8 Å². The lowest BCUT2D eigenvalue weighted by atomic mass is 9.47. The maximum absolute atomic E-state index is 12.6. The van der Waals surface area contributed by atoms with Crippen LogP contribution in [-0.4, -0.2) is 51.5 Å². The van der Waals surface area contributed by atoms with Crippen molar-refractivity contribution < 1.29 is 24.6 Å². The van der Waals surface area contributed by atoms with Crippen LogP contribution in [0.15, 0.2) is 47.3 Å². The number of aromatic nitrogens is 1. The number of carbonyl (C=O) groups excluding carboxylic acids is 1. The van der Waals surface area contributed by atoms with E-state index < -0.39 is 17.9 Å². The molecule has 3 fully saturated rings. The number of fused-ring (bicyclic) bond motifs is 6. The Morgan fingerprint density at radius 2 is 1.95 bits per heavy atom. The molecule has 0 saturated heterocycles. The summed E-state index contributed by atoms with van der Waals surface area (Å²) in [5.41, 5.74) is 4.30. The number of H-pyrrole nitrogens is 1. The molecule has 7 atom stereocenters. The van der Waals surface area contributed by atoms with Gasteiger partial charge in [0.1, 0.15) is 6.04 Å². The Balaban J connectivity index is 1.06. The lowest BCUT2D eigenvalue weighted by Crippen LogP contribution is -2.51. The number of oxime groups is 1. The molecule has 1 aromatic carbocycles. The fraction of sp³-hybridized carbons (Fsp3) is 0.594. The minimum absolute atomic E-state index is 0.0868. The third-order valence-corrected chi connectivity index (χ3v) is 11.0. The van der Waals surface area contributed by atoms with Gasteiger partial charge in [-0.25, -0.2) is 4.79 Å². The number of amides is 1. The highest BCUT2D eigenvalue weighted by atomic mass is 16.6. The highest BCUT2D eigenvalue weighted by Gasteiger charge is 2.58. The highest BCUT2D eigenvalue weighted by molar-refractivity contribution is 5.96. The summed E-state index contributed by atoms with van der Waals surface area (Å²) < 4.78 is 0. The summed E-state index contributed by atoms with van der Waals surface area (Å²) in [5, 5.41) is 28.2. The van der Waals surface area contributed by atoms with Gasteiger partial charge >= 0.3 is 5.97 Å². The second kappa shape index (κ2) is 10.4. The van der Waals surface area contributed by atoms with Gasteiger partial charge in [-0.3, -0.25) is 4.79 Å². The third kappa shape index (κ3) is 4.64. The molecule has 0 spiro atoms. The number of aliphatic hydroxyl groups is 1. The lowest BCUT2D eigenvalue weighted by Gasteiger charge is -2.57. The van der Waals surface area contributed by atoms with Gasteiger partial charge in [0.15, 0.2) is 6.61 Å². The van der Waals surface area contributed by atoms with Gasteiger partial charge in [0.2, 0.25) is 0 Å². The number of rotatable bonds is 7. The van der Waals surface area contributed by atoms with Crippen LogP contribution in [0.25, 0.3) is 10.9 Å². The normalized spacial score (nSPS) is 34.9. The topological polar surface area (TPSA) is 124 Å². The van der Waals surface area contributed by atoms with Crippen LogP contribution in [0.1, 0.15) is 70.8 Å². The fourth-order valence-electron chi connectivity index (χ4n) is 8.75. The van der Waals surface area contributed by atoms with Crippen molar-refractivity contribution in [2.24, 2.45) is 33.7 Å². The molecule has 0 bridgehead atoms. The van der Waals surface area contributed by atoms with Crippen molar-refractivity contribution in [2.45, 2.75) is 83.8 Å². The number of nitrogens with one attached hydrogen (secondary N) is 2. The Bertz CT molecular complexity index is 1360. The zero-order chi connectivity index (χ0) is 28.1. The maximum atomic E-state index is 12.6. The summed E-state index contributed by atoms with van der Waals surface area (Å²) in [4.78, 5) is 33.0. The van der Waals surface area contributed by atoms with E-state index >= 15 is 0 Å². The summed E-state index contributed by atoms with van der Waals surface area (Å²) in [6.45, 7) is 4.42. The molecular formula is C32H41N3O5. The molecule has 1 amide bonds. The number of carboxylic acids is 1. The average molecular weight is 548 g/mol. The smallest absolute Gasteiger partial charge is 0.326 e. The van der Waals surface area contributed by atoms with E-state index in [0.717, 1.165) is 60.7 Å². The van der Waals surface area contributed by atoms with Gasteiger partial charge in [-0.2, -0.15) is 0 Å². The molecule has 6 rings (SSSR count). The number of para-hydroxylation sites is 1. The van der Waals surface area contributed by atoms with Crippen LogP contribution >= 0.6 is 0 Å². The highest BCUT2D eigenvalue weighted by Crippen LogP contribution is 2.65. The molecule has 2 aromatic rings. The molecule has 4 aliphatic carbocycles. The van der Waals surface area contributed by atoms with E-state index in [1.165, 1.54) is 18.4 Å². The average Bonchev–Trinajstić information content (AvgIpc) is 3.48. The third-order valence-electron chi connectivity index (χ3n) is 11.0. The summed E-state index contributed by atoms with van der Waals surface area (Å²) in [6, 6.07) is 6.62. The zero-order valence-electron chi connectivity index (χ0n) is 23.5. The fourth-order valence-corrected chi connectivity index (χ4v) is 8.75. The molecule has 4 aliphatic rings. The molecule has 5 unspecified atom stereocenters. The van der Waals surface area contributed by atoms with Crippen LogP contribution in [-0.2, 0) is 20.8 Å². The van der Waals surface area contributed by atoms with Crippen molar-refractivity contribution in [3.8, 4) is 0 Å². The zero-order valence-corrected chi connectivity index (χ0v) is 23.5. The largest absolute Gasteiger partial charge is 0.480 e. The van der Waals surface area contributed by atoms with Crippen molar-refractivity contribution >= 4 is 28.5 Å². The molecule has 1 aromatic heterocycles. The first-order chi connectivity index (χ1) is 19.2. The molecule has 1 heterocycles. The van der Waals surface area contributed by atoms with Gasteiger partial charge in [-0.15, -0.1) is 0 Å². The van der Waals surface area contributed by atoms with E-state index in [0.29, 0.717) is 17.8 Å². The van der Waals surface area contributed by atoms with Crippen LogP contribution in [0, 0.1) is 28.6 Å². The molecule has 0 aliphatic heterocycles. The lowest BCUT2D eigenvalue weighted by molar-refractivity contribution is -0.142. The minimum atomic E-state index is -1.09. The number of benzene rings is 1. The van der Waals surface area contributed by atoms with E-state index in [1.807, 2.05) is 24.3 Å². The first kappa shape index (κ1) is 27.1. The van der Waals surface area contributed by atoms with Crippen LogP contribution in [0.3, 0.4) is 0 Å². The van der Waals surface area contributed by atoms with E-state index in [2.05, 4.69) is 35.4 Å². The van der Waals surface area contributed by atoms with Gasteiger partial charge < -0.3 is 25.4 Å². The molecule has 214 valence electrons. The maximum Gasteiger partial charge on any atom is 0.326 e. The summed E-state index contributed by atoms with van der Waals surface area (Å²) in [5.74, 6) is 0.362. The van der Waals surface area contributed by atoms with Crippen LogP contribution in [0.4, 0.5) is 0 Å². The van der Waals surface area contributed by atoms with Crippen LogP contribution in [0.2, 0.25) is 0 Å². The molecule has 3 saturated carbocycles. The van der Waals surface area contributed by atoms with Gasteiger partial charge in [0, 0.05) is 23.5 Å². The Morgan fingerprint density at radius 3 is 2.77 bits per heavy atom. The predicted octanol–water partition coefficient (Wildman–Crippen LogP) is 4.98. The van der Waals surface area contributed by atoms with Gasteiger partial charge in [-0.1, -0.05) is 42.8 Å². The number of aliphatic carboxylic acids is 1. The first-order valence-corrected chi connectivity index (χ1v) is 14.8. The van der Waals surface area contributed by atoms with Crippen LogP contribution in [0.5, 0.6) is 0 Å². The summed E-state index contributed by atoms with van der Waals surface area (Å²) in [7, 11) is 0. The van der Waals surface area contributed by atoms with Gasteiger partial charge in [0.25, 0.3) is 5.91 Å². The Morgan fingerprint density at radius 1 is 1.12 bits per heavy atom. The van der Waals surface area contributed by atoms with Crippen LogP contribution < -0.4 is 5.32 Å². The number of aromatic amines is 1. The number of allylic oxidation sites excluding steroid dienone is 2. The SMILES string of the molecule is C[C@]12CCC3C(CCC4=C/C(=N/OCC(=O)NC(Cc5c[nH]c6ccccc56)C(=O)O)CC[C@@]43C)C1CCC2O. The Labute approximate surface area is 235 Å². The van der Waals surface area contributed by atoms with Crippen molar-refractivity contribution in [1.29, 1.82) is 0 Å².